The predicted octanol–water partition coefficient (Wildman–Crippen LogP) is -1.09. The standard InChI is InChI=1S/C13H13B2N3O5.C3H8.CH3F.2CH4O/c1-2-7-6-18(12(21)17-11(7)20)9-4-3-8(22-9)13(14,15)23-10(19)5-16;1-3-2;3*1-2/h1,6,8-9H,3-5,16H2,(H,17,20,21);3H2,1-2H3;1H3;2*2H,1H3. The molecular formula is C19H32B2FN3O7. The zero-order chi connectivity index (χ0) is 25.9. The molecule has 1 aliphatic rings. The van der Waals surface area contributed by atoms with Crippen LogP contribution in [0.4, 0.5) is 4.39 Å². The summed E-state index contributed by atoms with van der Waals surface area (Å²) < 4.78 is 21.1. The van der Waals surface area contributed by atoms with Crippen molar-refractivity contribution in [2.24, 2.45) is 5.73 Å². The van der Waals surface area contributed by atoms with Gasteiger partial charge in [0.05, 0.1) is 25.2 Å². The molecule has 10 nitrogen and oxygen atoms in total. The molecule has 0 aliphatic carbocycles. The number of aliphatic hydroxyl groups excluding tert-OH is 2. The van der Waals surface area contributed by atoms with Crippen LogP contribution >= 0.6 is 0 Å². The largest absolute Gasteiger partial charge is 0.476 e. The maximum Gasteiger partial charge on any atom is 0.330 e. The summed E-state index contributed by atoms with van der Waals surface area (Å²) in [5.41, 5.74) is 3.78. The van der Waals surface area contributed by atoms with Crippen molar-refractivity contribution in [1.82, 2.24) is 9.55 Å². The number of carbonyl (C=O) groups is 1. The summed E-state index contributed by atoms with van der Waals surface area (Å²) in [6.07, 6.45) is 6.75. The number of aliphatic hydroxyl groups is 2. The topological polar surface area (TPSA) is 157 Å². The second kappa shape index (κ2) is 19.3. The Kier molecular flexibility index (Phi) is 20.7. The van der Waals surface area contributed by atoms with Crippen molar-refractivity contribution in [1.29, 1.82) is 0 Å². The molecule has 0 amide bonds. The normalized spacial score (nSPS) is 16.1. The number of rotatable bonds is 4. The van der Waals surface area contributed by atoms with Crippen LogP contribution in [0, 0.1) is 12.3 Å². The Hall–Kier alpha value is -2.39. The van der Waals surface area contributed by atoms with Crippen molar-refractivity contribution >= 4 is 21.7 Å². The summed E-state index contributed by atoms with van der Waals surface area (Å²) in [6.45, 7) is 3.87. The van der Waals surface area contributed by atoms with E-state index in [2.05, 4.69) is 24.8 Å². The maximum absolute atomic E-state index is 11.9. The molecule has 5 N–H and O–H groups in total. The summed E-state index contributed by atoms with van der Waals surface area (Å²) in [7, 11) is 14.0. The van der Waals surface area contributed by atoms with Crippen LogP contribution in [0.2, 0.25) is 0 Å². The van der Waals surface area contributed by atoms with Crippen molar-refractivity contribution in [2.75, 3.05) is 27.9 Å². The first-order valence-corrected chi connectivity index (χ1v) is 9.44. The fraction of sp³-hybridized carbons (Fsp3) is 0.632. The van der Waals surface area contributed by atoms with Gasteiger partial charge in [-0.3, -0.25) is 23.5 Å². The predicted molar refractivity (Wildman–Crippen MR) is 121 cm³/mol. The van der Waals surface area contributed by atoms with Gasteiger partial charge in [0.2, 0.25) is 0 Å². The van der Waals surface area contributed by atoms with Crippen LogP contribution in [0.1, 0.15) is 44.9 Å². The first-order valence-electron chi connectivity index (χ1n) is 9.44. The number of ether oxygens (including phenoxy) is 2. The van der Waals surface area contributed by atoms with Crippen molar-refractivity contribution in [3.8, 4) is 12.3 Å². The Morgan fingerprint density at radius 2 is 1.84 bits per heavy atom. The average molecular weight is 455 g/mol. The number of aromatic amines is 1. The van der Waals surface area contributed by atoms with E-state index in [4.69, 9.17) is 47.5 Å². The van der Waals surface area contributed by atoms with Gasteiger partial charge in [-0.25, -0.2) is 4.79 Å². The van der Waals surface area contributed by atoms with E-state index in [0.29, 0.717) is 20.0 Å². The third kappa shape index (κ3) is 11.3. The quantitative estimate of drug-likeness (QED) is 0.254. The number of nitrogens with zero attached hydrogens (tertiary/aromatic N) is 1. The highest BCUT2D eigenvalue weighted by atomic mass is 19.1. The van der Waals surface area contributed by atoms with Crippen LogP contribution in [0.3, 0.4) is 0 Å². The third-order valence-electron chi connectivity index (χ3n) is 3.39. The second-order valence-electron chi connectivity index (χ2n) is 5.75. The number of hydrogen-bond acceptors (Lipinski definition) is 8. The molecule has 1 aliphatic heterocycles. The number of H-pyrrole nitrogens is 1. The van der Waals surface area contributed by atoms with Crippen molar-refractivity contribution < 1.29 is 28.9 Å². The molecule has 1 fully saturated rings. The van der Waals surface area contributed by atoms with Gasteiger partial charge in [0.25, 0.3) is 5.56 Å². The number of nitrogens with two attached hydrogens (primary N) is 1. The molecule has 13 heteroatoms. The summed E-state index contributed by atoms with van der Waals surface area (Å²) >= 11 is 0. The molecule has 2 rings (SSSR count). The lowest BCUT2D eigenvalue weighted by molar-refractivity contribution is -0.154. The Balaban J connectivity index is -0.000000822. The lowest BCUT2D eigenvalue weighted by Crippen LogP contribution is -2.48. The SMILES string of the molecule is CCC.CF.CO.CO.[B]C([B])(OC(=O)CN)C1CCC(n2cc(C#C)c(=O)[nH]c2=O)O1. The second-order valence-corrected chi connectivity index (χ2v) is 5.75. The number of terminal acetylenes is 1. The first-order chi connectivity index (χ1) is 15.2. The number of alkyl halides is 1. The fourth-order valence-electron chi connectivity index (χ4n) is 2.26. The molecule has 1 saturated heterocycles. The number of aromatic nitrogens is 2. The zero-order valence-corrected chi connectivity index (χ0v) is 19.1. The molecule has 0 saturated carbocycles. The van der Waals surface area contributed by atoms with E-state index >= 15 is 0 Å². The van der Waals surface area contributed by atoms with Crippen LogP contribution in [-0.4, -0.2) is 80.9 Å². The minimum absolute atomic E-state index is 0.0158. The highest BCUT2D eigenvalue weighted by Gasteiger charge is 2.39. The van der Waals surface area contributed by atoms with E-state index in [1.54, 1.807) is 0 Å². The summed E-state index contributed by atoms with van der Waals surface area (Å²) in [5, 5.41) is 12.1. The van der Waals surface area contributed by atoms with Gasteiger partial charge in [0.15, 0.2) is 0 Å². The van der Waals surface area contributed by atoms with E-state index in [9.17, 15) is 18.8 Å². The zero-order valence-electron chi connectivity index (χ0n) is 19.1. The Morgan fingerprint density at radius 3 is 2.28 bits per heavy atom. The van der Waals surface area contributed by atoms with Gasteiger partial charge in [-0.1, -0.05) is 26.2 Å². The first kappa shape index (κ1) is 34.2. The van der Waals surface area contributed by atoms with E-state index in [1.807, 2.05) is 0 Å². The molecule has 0 spiro atoms. The molecule has 178 valence electrons. The molecule has 2 atom stereocenters. The molecule has 2 unspecified atom stereocenters. The average Bonchev–Trinajstić information content (AvgIpc) is 3.29. The number of carbonyl (C=O) groups excluding carboxylic acids is 1. The number of halogens is 1. The van der Waals surface area contributed by atoms with Crippen LogP contribution in [0.5, 0.6) is 0 Å². The number of esters is 1. The van der Waals surface area contributed by atoms with Gasteiger partial charge in [-0.05, 0) is 12.8 Å². The smallest absolute Gasteiger partial charge is 0.330 e. The minimum Gasteiger partial charge on any atom is -0.476 e. The molecule has 32 heavy (non-hydrogen) atoms. The highest BCUT2D eigenvalue weighted by molar-refractivity contribution is 6.40. The summed E-state index contributed by atoms with van der Waals surface area (Å²) in [4.78, 5) is 36.7. The number of nitrogens with one attached hydrogen (secondary N) is 1. The maximum atomic E-state index is 11.9. The summed E-state index contributed by atoms with van der Waals surface area (Å²) in [6, 6.07) is 0. The van der Waals surface area contributed by atoms with Crippen molar-refractivity contribution in [3.05, 3.63) is 32.6 Å². The summed E-state index contributed by atoms with van der Waals surface area (Å²) in [5.74, 6) is 1.39. The van der Waals surface area contributed by atoms with Gasteiger partial charge >= 0.3 is 11.7 Å². The molecule has 1 aromatic rings. The van der Waals surface area contributed by atoms with E-state index in [-0.39, 0.29) is 12.1 Å². The molecular weight excluding hydrogens is 423 g/mol. The highest BCUT2D eigenvalue weighted by Crippen LogP contribution is 2.32. The Bertz CT molecular complexity index is 794. The van der Waals surface area contributed by atoms with Gasteiger partial charge in [-0.15, -0.1) is 6.42 Å². The van der Waals surface area contributed by atoms with Gasteiger partial charge in [0, 0.05) is 20.4 Å². The van der Waals surface area contributed by atoms with E-state index in [1.165, 1.54) is 12.6 Å². The lowest BCUT2D eigenvalue weighted by atomic mass is 9.61. The molecule has 0 bridgehead atoms. The number of hydrogen-bond donors (Lipinski definition) is 4. The molecule has 4 radical (unpaired) electrons. The van der Waals surface area contributed by atoms with Crippen LogP contribution in [-0.2, 0) is 14.3 Å². The molecule has 0 aromatic carbocycles. The van der Waals surface area contributed by atoms with Gasteiger partial charge in [0.1, 0.15) is 27.5 Å². The van der Waals surface area contributed by atoms with Crippen LogP contribution < -0.4 is 17.0 Å². The third-order valence-corrected chi connectivity index (χ3v) is 3.39. The molecule has 1 aromatic heterocycles. The minimum atomic E-state index is -1.88. The van der Waals surface area contributed by atoms with E-state index < -0.39 is 34.9 Å². The van der Waals surface area contributed by atoms with Crippen molar-refractivity contribution in [2.45, 2.75) is 50.8 Å². The van der Waals surface area contributed by atoms with Crippen LogP contribution in [0.15, 0.2) is 15.8 Å². The van der Waals surface area contributed by atoms with Crippen molar-refractivity contribution in [3.63, 3.8) is 0 Å². The fourth-order valence-corrected chi connectivity index (χ4v) is 2.26. The van der Waals surface area contributed by atoms with Crippen LogP contribution in [0.25, 0.3) is 0 Å². The van der Waals surface area contributed by atoms with Gasteiger partial charge < -0.3 is 25.4 Å². The Labute approximate surface area is 190 Å². The lowest BCUT2D eigenvalue weighted by Gasteiger charge is -2.32. The Morgan fingerprint density at radius 1 is 1.34 bits per heavy atom. The van der Waals surface area contributed by atoms with Gasteiger partial charge in [-0.2, -0.15) is 0 Å². The molecule has 2 heterocycles. The van der Waals surface area contributed by atoms with E-state index in [0.717, 1.165) is 18.8 Å². The monoisotopic (exact) mass is 455 g/mol.